The molecule has 0 N–H and O–H groups in total. The fourth-order valence-corrected chi connectivity index (χ4v) is 5.09. The SMILES string of the molecule is C=C1C(=C)C2=CC=C3c4cccc5cccc(c45)C4=CC=C1C2C43. The molecule has 0 nitrogen and oxygen atoms in total. The van der Waals surface area contributed by atoms with Gasteiger partial charge in [0.15, 0.2) is 0 Å². The van der Waals surface area contributed by atoms with Crippen LogP contribution in [0.3, 0.4) is 0 Å². The molecule has 0 aromatic heterocycles. The van der Waals surface area contributed by atoms with Crippen LogP contribution in [0.25, 0.3) is 21.9 Å². The van der Waals surface area contributed by atoms with Gasteiger partial charge in [-0.1, -0.05) is 73.9 Å². The van der Waals surface area contributed by atoms with Gasteiger partial charge in [-0.15, -0.1) is 0 Å². The zero-order valence-corrected chi connectivity index (χ0v) is 13.3. The van der Waals surface area contributed by atoms with Crippen molar-refractivity contribution in [2.24, 2.45) is 11.8 Å². The van der Waals surface area contributed by atoms with Crippen molar-refractivity contribution in [2.45, 2.75) is 0 Å². The molecule has 0 atom stereocenters. The van der Waals surface area contributed by atoms with Gasteiger partial charge in [-0.3, -0.25) is 0 Å². The molecule has 4 aliphatic rings. The second-order valence-electron chi connectivity index (χ2n) is 7.11. The zero-order chi connectivity index (χ0) is 16.0. The lowest BCUT2D eigenvalue weighted by Gasteiger charge is -2.39. The summed E-state index contributed by atoms with van der Waals surface area (Å²) in [7, 11) is 0. The van der Waals surface area contributed by atoms with Crippen molar-refractivity contribution >= 4 is 21.9 Å². The lowest BCUT2D eigenvalue weighted by molar-refractivity contribution is 0.657. The van der Waals surface area contributed by atoms with E-state index in [-0.39, 0.29) is 0 Å². The minimum Gasteiger partial charge on any atom is -0.0909 e. The number of hydrogen-bond donors (Lipinski definition) is 0. The minimum absolute atomic E-state index is 0.397. The maximum absolute atomic E-state index is 4.30. The predicted molar refractivity (Wildman–Crippen MR) is 101 cm³/mol. The molecule has 1 saturated carbocycles. The fourth-order valence-electron chi connectivity index (χ4n) is 5.09. The Morgan fingerprint density at radius 2 is 1.04 bits per heavy atom. The van der Waals surface area contributed by atoms with Gasteiger partial charge in [0, 0.05) is 11.8 Å². The summed E-state index contributed by atoms with van der Waals surface area (Å²) >= 11 is 0. The maximum Gasteiger partial charge on any atom is 0.0211 e. The molecule has 2 aromatic rings. The van der Waals surface area contributed by atoms with Gasteiger partial charge in [0.05, 0.1) is 0 Å². The highest BCUT2D eigenvalue weighted by Crippen LogP contribution is 2.60. The third kappa shape index (κ3) is 1.24. The van der Waals surface area contributed by atoms with Crippen molar-refractivity contribution in [3.05, 3.63) is 107 Å². The van der Waals surface area contributed by atoms with Crippen LogP contribution in [0.4, 0.5) is 0 Å². The number of hydrogen-bond acceptors (Lipinski definition) is 0. The fraction of sp³-hybridized carbons (Fsp3) is 0.0833. The van der Waals surface area contributed by atoms with Crippen LogP contribution in [-0.2, 0) is 0 Å². The largest absolute Gasteiger partial charge is 0.0909 e. The van der Waals surface area contributed by atoms with Gasteiger partial charge in [-0.2, -0.15) is 0 Å². The number of rotatable bonds is 0. The molecule has 0 saturated heterocycles. The Kier molecular flexibility index (Phi) is 2.07. The first-order valence-corrected chi connectivity index (χ1v) is 8.50. The third-order valence-electron chi connectivity index (χ3n) is 6.15. The van der Waals surface area contributed by atoms with Crippen LogP contribution in [0.15, 0.2) is 96.2 Å². The van der Waals surface area contributed by atoms with Crippen molar-refractivity contribution in [3.8, 4) is 0 Å². The van der Waals surface area contributed by atoms with E-state index in [4.69, 9.17) is 0 Å². The van der Waals surface area contributed by atoms with E-state index in [0.717, 1.165) is 11.1 Å². The van der Waals surface area contributed by atoms with Gasteiger partial charge in [0.2, 0.25) is 0 Å². The third-order valence-corrected chi connectivity index (χ3v) is 6.15. The summed E-state index contributed by atoms with van der Waals surface area (Å²) in [4.78, 5) is 0. The highest BCUT2D eigenvalue weighted by Gasteiger charge is 2.46. The van der Waals surface area contributed by atoms with Gasteiger partial charge in [-0.05, 0) is 55.3 Å². The Labute approximate surface area is 141 Å². The number of benzene rings is 2. The molecule has 0 radical (unpaired) electrons. The Morgan fingerprint density at radius 3 is 1.58 bits per heavy atom. The van der Waals surface area contributed by atoms with Crippen LogP contribution >= 0.6 is 0 Å². The highest BCUT2D eigenvalue weighted by molar-refractivity contribution is 6.09. The molecule has 0 bridgehead atoms. The smallest absolute Gasteiger partial charge is 0.0211 e. The van der Waals surface area contributed by atoms with Gasteiger partial charge in [0.25, 0.3) is 0 Å². The van der Waals surface area contributed by atoms with Crippen LogP contribution in [0.1, 0.15) is 11.1 Å². The minimum atomic E-state index is 0.397. The Morgan fingerprint density at radius 1 is 0.583 bits per heavy atom. The Balaban J connectivity index is 1.79. The van der Waals surface area contributed by atoms with E-state index in [1.807, 2.05) is 0 Å². The first-order valence-electron chi connectivity index (χ1n) is 8.50. The average Bonchev–Trinajstić information content (AvgIpc) is 2.88. The molecule has 0 heteroatoms. The summed E-state index contributed by atoms with van der Waals surface area (Å²) in [5.41, 5.74) is 10.6. The Bertz CT molecular complexity index is 1040. The molecule has 1 fully saturated rings. The normalized spacial score (nSPS) is 25.8. The monoisotopic (exact) mass is 304 g/mol. The van der Waals surface area contributed by atoms with E-state index in [1.165, 1.54) is 44.2 Å². The van der Waals surface area contributed by atoms with Gasteiger partial charge in [0.1, 0.15) is 0 Å². The molecule has 2 aromatic carbocycles. The van der Waals surface area contributed by atoms with E-state index >= 15 is 0 Å². The molecular weight excluding hydrogens is 288 g/mol. The molecule has 0 aliphatic heterocycles. The molecule has 112 valence electrons. The maximum atomic E-state index is 4.30. The summed E-state index contributed by atoms with van der Waals surface area (Å²) in [5, 5.41) is 2.73. The van der Waals surface area contributed by atoms with Crippen molar-refractivity contribution in [3.63, 3.8) is 0 Å². The van der Waals surface area contributed by atoms with Crippen LogP contribution < -0.4 is 0 Å². The van der Waals surface area contributed by atoms with E-state index in [9.17, 15) is 0 Å². The van der Waals surface area contributed by atoms with Crippen molar-refractivity contribution < 1.29 is 0 Å². The number of allylic oxidation sites excluding steroid dienone is 10. The van der Waals surface area contributed by atoms with Gasteiger partial charge in [-0.25, -0.2) is 0 Å². The highest BCUT2D eigenvalue weighted by atomic mass is 14.5. The van der Waals surface area contributed by atoms with E-state index < -0.39 is 0 Å². The summed E-state index contributed by atoms with van der Waals surface area (Å²) in [5.74, 6) is 0.801. The van der Waals surface area contributed by atoms with Crippen molar-refractivity contribution in [2.75, 3.05) is 0 Å². The summed E-state index contributed by atoms with van der Waals surface area (Å²) in [6.07, 6.45) is 9.20. The van der Waals surface area contributed by atoms with Gasteiger partial charge >= 0.3 is 0 Å². The molecule has 0 amide bonds. The molecule has 4 aliphatic carbocycles. The van der Waals surface area contributed by atoms with Crippen LogP contribution in [-0.4, -0.2) is 0 Å². The summed E-state index contributed by atoms with van der Waals surface area (Å²) < 4.78 is 0. The topological polar surface area (TPSA) is 0 Å². The molecular formula is C24H16. The number of fused-ring (bicyclic) bond motifs is 2. The summed E-state index contributed by atoms with van der Waals surface area (Å²) in [6.45, 7) is 8.59. The zero-order valence-electron chi connectivity index (χ0n) is 13.3. The first kappa shape index (κ1) is 12.5. The Hall–Kier alpha value is -2.86. The van der Waals surface area contributed by atoms with E-state index in [2.05, 4.69) is 73.9 Å². The lowest BCUT2D eigenvalue weighted by atomic mass is 9.63. The second kappa shape index (κ2) is 3.96. The second-order valence-corrected chi connectivity index (χ2v) is 7.11. The molecule has 0 heterocycles. The standard InChI is InChI=1S/C24H16/c1-13-14(2)17-10-12-21-19-8-4-6-15-5-3-7-18(22(15)19)20-11-9-16(13)23(17)24(20)21/h3-12,23-24H,1-2H2. The summed E-state index contributed by atoms with van der Waals surface area (Å²) in [6, 6.07) is 13.4. The molecule has 24 heavy (non-hydrogen) atoms. The van der Waals surface area contributed by atoms with Crippen molar-refractivity contribution in [1.82, 2.24) is 0 Å². The molecule has 0 spiro atoms. The van der Waals surface area contributed by atoms with Gasteiger partial charge < -0.3 is 0 Å². The van der Waals surface area contributed by atoms with Crippen LogP contribution in [0, 0.1) is 11.8 Å². The quantitative estimate of drug-likeness (QED) is 0.572. The lowest BCUT2D eigenvalue weighted by Crippen LogP contribution is -2.25. The van der Waals surface area contributed by atoms with E-state index in [0.29, 0.717) is 11.8 Å². The average molecular weight is 304 g/mol. The van der Waals surface area contributed by atoms with Crippen molar-refractivity contribution in [1.29, 1.82) is 0 Å². The van der Waals surface area contributed by atoms with E-state index in [1.54, 1.807) is 0 Å². The molecule has 6 rings (SSSR count). The van der Waals surface area contributed by atoms with Crippen LogP contribution in [0.5, 0.6) is 0 Å². The van der Waals surface area contributed by atoms with Crippen LogP contribution in [0.2, 0.25) is 0 Å². The molecule has 0 unspecified atom stereocenters. The predicted octanol–water partition coefficient (Wildman–Crippen LogP) is 5.86. The first-order chi connectivity index (χ1) is 11.8.